The van der Waals surface area contributed by atoms with Crippen molar-refractivity contribution in [2.45, 2.75) is 12.8 Å². The minimum atomic E-state index is 0.467. The second-order valence-electron chi connectivity index (χ2n) is 3.06. The van der Waals surface area contributed by atoms with E-state index >= 15 is 0 Å². The van der Waals surface area contributed by atoms with Crippen molar-refractivity contribution >= 4 is 22.9 Å². The molecule has 1 nitrogen and oxygen atoms in total. The van der Waals surface area contributed by atoms with E-state index in [9.17, 15) is 0 Å². The molecule has 0 radical (unpaired) electrons. The lowest BCUT2D eigenvalue weighted by atomic mass is 10.1. The van der Waals surface area contributed by atoms with E-state index < -0.39 is 0 Å². The average molecular weight is 224 g/mol. The smallest absolute Gasteiger partial charge is 0.0654 e. The Hall–Kier alpha value is -0.860. The normalized spacial score (nSPS) is 10.4. The molecule has 0 bridgehead atoms. The topological polar surface area (TPSA) is 12.9 Å². The second-order valence-corrected chi connectivity index (χ2v) is 4.27. The maximum atomic E-state index is 5.86. The Kier molecular flexibility index (Phi) is 2.85. The number of hydrogen-bond acceptors (Lipinski definition) is 2. The van der Waals surface area contributed by atoms with Gasteiger partial charge in [0.1, 0.15) is 0 Å². The zero-order chi connectivity index (χ0) is 9.97. The quantitative estimate of drug-likeness (QED) is 0.705. The van der Waals surface area contributed by atoms with Crippen LogP contribution in [-0.2, 0) is 5.88 Å². The lowest BCUT2D eigenvalue weighted by Gasteiger charge is -2.04. The van der Waals surface area contributed by atoms with E-state index in [0.717, 1.165) is 17.0 Å². The molecule has 2 aromatic rings. The zero-order valence-electron chi connectivity index (χ0n) is 7.83. The van der Waals surface area contributed by atoms with E-state index in [1.807, 2.05) is 19.1 Å². The molecule has 0 unspecified atom stereocenters. The van der Waals surface area contributed by atoms with Gasteiger partial charge >= 0.3 is 0 Å². The predicted octanol–water partition coefficient (Wildman–Crippen LogP) is 3.86. The summed E-state index contributed by atoms with van der Waals surface area (Å²) < 4.78 is 0. The Morgan fingerprint density at radius 2 is 2.21 bits per heavy atom. The number of thiophene rings is 1. The Morgan fingerprint density at radius 3 is 2.86 bits per heavy atom. The van der Waals surface area contributed by atoms with Gasteiger partial charge in [0.15, 0.2) is 0 Å². The van der Waals surface area contributed by atoms with Crippen molar-refractivity contribution in [1.29, 1.82) is 0 Å². The Morgan fingerprint density at radius 1 is 1.36 bits per heavy atom. The molecule has 0 saturated carbocycles. The molecular weight excluding hydrogens is 214 g/mol. The summed E-state index contributed by atoms with van der Waals surface area (Å²) in [5.41, 5.74) is 3.13. The molecule has 2 rings (SSSR count). The van der Waals surface area contributed by atoms with E-state index in [1.54, 1.807) is 11.3 Å². The minimum absolute atomic E-state index is 0.467. The first-order valence-corrected chi connectivity index (χ1v) is 5.79. The summed E-state index contributed by atoms with van der Waals surface area (Å²) >= 11 is 7.58. The number of rotatable bonds is 2. The molecule has 2 aromatic heterocycles. The van der Waals surface area contributed by atoms with E-state index in [0.29, 0.717) is 5.88 Å². The van der Waals surface area contributed by atoms with Gasteiger partial charge in [-0.15, -0.1) is 22.9 Å². The first kappa shape index (κ1) is 9.69. The van der Waals surface area contributed by atoms with Crippen molar-refractivity contribution in [3.8, 4) is 10.4 Å². The standard InChI is InChI=1S/C11H10ClNS/c1-8-4-5-9(10(7-12)13-8)11-3-2-6-14-11/h2-6H,7H2,1H3. The van der Waals surface area contributed by atoms with Crippen molar-refractivity contribution < 1.29 is 0 Å². The second kappa shape index (κ2) is 4.11. The number of aromatic nitrogens is 1. The van der Waals surface area contributed by atoms with Gasteiger partial charge in [-0.1, -0.05) is 6.07 Å². The Balaban J connectivity index is 2.53. The largest absolute Gasteiger partial charge is 0.256 e. The van der Waals surface area contributed by atoms with Crippen LogP contribution < -0.4 is 0 Å². The number of aryl methyl sites for hydroxylation is 1. The van der Waals surface area contributed by atoms with Crippen LogP contribution in [0.15, 0.2) is 29.6 Å². The SMILES string of the molecule is Cc1ccc(-c2cccs2)c(CCl)n1. The van der Waals surface area contributed by atoms with Crippen molar-refractivity contribution in [3.63, 3.8) is 0 Å². The third-order valence-electron chi connectivity index (χ3n) is 2.03. The van der Waals surface area contributed by atoms with Crippen LogP contribution in [0, 0.1) is 6.92 Å². The molecule has 0 aliphatic rings. The number of pyridine rings is 1. The van der Waals surface area contributed by atoms with E-state index in [2.05, 4.69) is 22.5 Å². The van der Waals surface area contributed by atoms with Gasteiger partial charge in [-0.25, -0.2) is 0 Å². The molecule has 0 aromatic carbocycles. The van der Waals surface area contributed by atoms with Gasteiger partial charge < -0.3 is 0 Å². The molecule has 14 heavy (non-hydrogen) atoms. The summed E-state index contributed by atoms with van der Waals surface area (Å²) in [6, 6.07) is 8.24. The first-order valence-electron chi connectivity index (χ1n) is 4.37. The maximum Gasteiger partial charge on any atom is 0.0654 e. The summed E-state index contributed by atoms with van der Waals surface area (Å²) in [7, 11) is 0. The van der Waals surface area contributed by atoms with Gasteiger partial charge in [0, 0.05) is 16.1 Å². The lowest BCUT2D eigenvalue weighted by molar-refractivity contribution is 1.11. The molecule has 3 heteroatoms. The van der Waals surface area contributed by atoms with Gasteiger partial charge in [-0.05, 0) is 30.5 Å². The fourth-order valence-corrected chi connectivity index (χ4v) is 2.35. The fourth-order valence-electron chi connectivity index (χ4n) is 1.37. The summed E-state index contributed by atoms with van der Waals surface area (Å²) in [4.78, 5) is 5.65. The van der Waals surface area contributed by atoms with Crippen molar-refractivity contribution in [3.05, 3.63) is 41.0 Å². The molecule has 0 N–H and O–H groups in total. The maximum absolute atomic E-state index is 5.86. The van der Waals surface area contributed by atoms with Crippen LogP contribution in [0.2, 0.25) is 0 Å². The zero-order valence-corrected chi connectivity index (χ0v) is 9.40. The summed E-state index contributed by atoms with van der Waals surface area (Å²) in [5.74, 6) is 0.467. The molecule has 2 heterocycles. The van der Waals surface area contributed by atoms with Gasteiger partial charge in [0.05, 0.1) is 11.6 Å². The van der Waals surface area contributed by atoms with Crippen LogP contribution in [0.25, 0.3) is 10.4 Å². The van der Waals surface area contributed by atoms with Crippen LogP contribution in [0.3, 0.4) is 0 Å². The summed E-state index contributed by atoms with van der Waals surface area (Å²) in [6.07, 6.45) is 0. The number of alkyl halides is 1. The van der Waals surface area contributed by atoms with Gasteiger partial charge in [0.25, 0.3) is 0 Å². The van der Waals surface area contributed by atoms with Crippen molar-refractivity contribution in [1.82, 2.24) is 4.98 Å². The van der Waals surface area contributed by atoms with Crippen LogP contribution in [0.5, 0.6) is 0 Å². The lowest BCUT2D eigenvalue weighted by Crippen LogP contribution is -1.91. The third kappa shape index (κ3) is 1.81. The molecule has 0 spiro atoms. The van der Waals surface area contributed by atoms with Crippen molar-refractivity contribution in [2.24, 2.45) is 0 Å². The molecular formula is C11H10ClNS. The highest BCUT2D eigenvalue weighted by Crippen LogP contribution is 2.28. The summed E-state index contributed by atoms with van der Waals surface area (Å²) in [6.45, 7) is 1.98. The highest BCUT2D eigenvalue weighted by molar-refractivity contribution is 7.13. The Bertz CT molecular complexity index is 423. The third-order valence-corrected chi connectivity index (χ3v) is 3.18. The van der Waals surface area contributed by atoms with E-state index in [4.69, 9.17) is 11.6 Å². The minimum Gasteiger partial charge on any atom is -0.256 e. The first-order chi connectivity index (χ1) is 6.81. The highest BCUT2D eigenvalue weighted by atomic mass is 35.5. The van der Waals surface area contributed by atoms with Gasteiger partial charge in [-0.3, -0.25) is 4.98 Å². The average Bonchev–Trinajstić information content (AvgIpc) is 2.70. The molecule has 0 saturated heterocycles. The van der Waals surface area contributed by atoms with E-state index in [1.165, 1.54) is 4.88 Å². The van der Waals surface area contributed by atoms with Crippen molar-refractivity contribution in [2.75, 3.05) is 0 Å². The monoisotopic (exact) mass is 223 g/mol. The number of nitrogens with zero attached hydrogens (tertiary/aromatic N) is 1. The predicted molar refractivity (Wildman–Crippen MR) is 61.8 cm³/mol. The molecule has 0 amide bonds. The van der Waals surface area contributed by atoms with Crippen LogP contribution >= 0.6 is 22.9 Å². The van der Waals surface area contributed by atoms with Crippen LogP contribution in [-0.4, -0.2) is 4.98 Å². The molecule has 0 fully saturated rings. The molecule has 0 aliphatic heterocycles. The molecule has 72 valence electrons. The van der Waals surface area contributed by atoms with Crippen LogP contribution in [0.1, 0.15) is 11.4 Å². The van der Waals surface area contributed by atoms with Gasteiger partial charge in [0.2, 0.25) is 0 Å². The Labute approximate surface area is 92.4 Å². The van der Waals surface area contributed by atoms with E-state index in [-0.39, 0.29) is 0 Å². The van der Waals surface area contributed by atoms with Crippen LogP contribution in [0.4, 0.5) is 0 Å². The number of hydrogen-bond donors (Lipinski definition) is 0. The number of halogens is 1. The summed E-state index contributed by atoms with van der Waals surface area (Å²) in [5, 5.41) is 2.06. The molecule has 0 atom stereocenters. The highest BCUT2D eigenvalue weighted by Gasteiger charge is 2.06. The van der Waals surface area contributed by atoms with Gasteiger partial charge in [-0.2, -0.15) is 0 Å². The molecule has 0 aliphatic carbocycles. The fraction of sp³-hybridized carbons (Fsp3) is 0.182.